The van der Waals surface area contributed by atoms with Crippen LogP contribution in [0.4, 0.5) is 11.5 Å². The molecule has 0 saturated carbocycles. The van der Waals surface area contributed by atoms with E-state index in [1.807, 2.05) is 18.2 Å². The average Bonchev–Trinajstić information content (AvgIpc) is 2.78. The third-order valence-electron chi connectivity index (χ3n) is 5.80. The van der Waals surface area contributed by atoms with Gasteiger partial charge in [0, 0.05) is 29.7 Å². The zero-order valence-electron chi connectivity index (χ0n) is 18.4. The Hall–Kier alpha value is -2.32. The van der Waals surface area contributed by atoms with Crippen LogP contribution in [0.5, 0.6) is 11.5 Å². The standard InChI is InChI=1S/C23H26Cl2N4O3/c1-13-14(2)32-16(10-29(13)3)11-31-22-9-20-17(8-21(22)30-4)23(27-12-26-20)28-15-5-6-18(24)19(25)7-15/h5-9,12-14,16H,10-11H2,1-4H3,(H,26,27,28). The summed E-state index contributed by atoms with van der Waals surface area (Å²) in [5, 5.41) is 5.01. The van der Waals surface area contributed by atoms with Crippen LogP contribution in [0, 0.1) is 0 Å². The third kappa shape index (κ3) is 4.86. The lowest BCUT2D eigenvalue weighted by Crippen LogP contribution is -2.52. The molecule has 1 saturated heterocycles. The first kappa shape index (κ1) is 22.9. The highest BCUT2D eigenvalue weighted by Gasteiger charge is 2.29. The van der Waals surface area contributed by atoms with Gasteiger partial charge in [0.05, 0.1) is 28.8 Å². The van der Waals surface area contributed by atoms with Crippen LogP contribution in [0.25, 0.3) is 10.9 Å². The molecule has 4 rings (SSSR count). The Labute approximate surface area is 197 Å². The van der Waals surface area contributed by atoms with Gasteiger partial charge in [0.1, 0.15) is 24.9 Å². The Morgan fingerprint density at radius 2 is 1.94 bits per heavy atom. The maximum atomic E-state index is 6.14. The molecule has 32 heavy (non-hydrogen) atoms. The normalized spacial score (nSPS) is 21.5. The van der Waals surface area contributed by atoms with Gasteiger partial charge >= 0.3 is 0 Å². The average molecular weight is 477 g/mol. The van der Waals surface area contributed by atoms with Crippen LogP contribution in [0.15, 0.2) is 36.7 Å². The Bertz CT molecular complexity index is 1100. The minimum absolute atomic E-state index is 0.0242. The fourth-order valence-corrected chi connectivity index (χ4v) is 4.03. The van der Waals surface area contributed by atoms with E-state index in [0.717, 1.165) is 23.1 Å². The van der Waals surface area contributed by atoms with Gasteiger partial charge in [-0.15, -0.1) is 0 Å². The summed E-state index contributed by atoms with van der Waals surface area (Å²) in [7, 11) is 3.71. The summed E-state index contributed by atoms with van der Waals surface area (Å²) in [6.07, 6.45) is 1.62. The molecule has 0 radical (unpaired) electrons. The molecule has 170 valence electrons. The summed E-state index contributed by atoms with van der Waals surface area (Å²) in [4.78, 5) is 11.1. The van der Waals surface area contributed by atoms with E-state index in [1.165, 1.54) is 6.33 Å². The van der Waals surface area contributed by atoms with Crippen LogP contribution in [0.1, 0.15) is 13.8 Å². The van der Waals surface area contributed by atoms with E-state index in [2.05, 4.69) is 41.1 Å². The molecule has 7 nitrogen and oxygen atoms in total. The second kappa shape index (κ2) is 9.67. The summed E-state index contributed by atoms with van der Waals surface area (Å²) >= 11 is 12.2. The highest BCUT2D eigenvalue weighted by Crippen LogP contribution is 2.35. The molecular formula is C23H26Cl2N4O3. The molecule has 0 spiro atoms. The molecule has 1 aliphatic rings. The van der Waals surface area contributed by atoms with Crippen LogP contribution in [0.2, 0.25) is 10.0 Å². The highest BCUT2D eigenvalue weighted by atomic mass is 35.5. The first-order valence-electron chi connectivity index (χ1n) is 10.4. The van der Waals surface area contributed by atoms with E-state index in [0.29, 0.717) is 40.0 Å². The minimum atomic E-state index is -0.0242. The van der Waals surface area contributed by atoms with Crippen molar-refractivity contribution >= 4 is 45.6 Å². The van der Waals surface area contributed by atoms with E-state index < -0.39 is 0 Å². The van der Waals surface area contributed by atoms with E-state index in [1.54, 1.807) is 19.2 Å². The molecule has 3 unspecified atom stereocenters. The van der Waals surface area contributed by atoms with Gasteiger partial charge in [0.15, 0.2) is 11.5 Å². The second-order valence-corrected chi connectivity index (χ2v) is 8.77. The van der Waals surface area contributed by atoms with Crippen molar-refractivity contribution < 1.29 is 14.2 Å². The van der Waals surface area contributed by atoms with Gasteiger partial charge < -0.3 is 19.5 Å². The van der Waals surface area contributed by atoms with E-state index in [-0.39, 0.29) is 12.2 Å². The number of methoxy groups -OCH3 is 1. The lowest BCUT2D eigenvalue weighted by atomic mass is 10.1. The summed E-state index contributed by atoms with van der Waals surface area (Å²) in [6, 6.07) is 9.40. The molecule has 1 aliphatic heterocycles. The molecule has 3 aromatic rings. The van der Waals surface area contributed by atoms with Crippen molar-refractivity contribution in [2.75, 3.05) is 32.6 Å². The Morgan fingerprint density at radius 3 is 2.66 bits per heavy atom. The highest BCUT2D eigenvalue weighted by molar-refractivity contribution is 6.42. The van der Waals surface area contributed by atoms with Gasteiger partial charge in [-0.3, -0.25) is 4.90 Å². The molecular weight excluding hydrogens is 451 g/mol. The van der Waals surface area contributed by atoms with Crippen LogP contribution in [-0.4, -0.2) is 60.4 Å². The van der Waals surface area contributed by atoms with Crippen LogP contribution in [-0.2, 0) is 4.74 Å². The predicted octanol–water partition coefficient (Wildman–Crippen LogP) is 5.18. The summed E-state index contributed by atoms with van der Waals surface area (Å²) in [5.41, 5.74) is 1.49. The van der Waals surface area contributed by atoms with E-state index >= 15 is 0 Å². The number of hydrogen-bond acceptors (Lipinski definition) is 7. The topological polar surface area (TPSA) is 68.7 Å². The number of aromatic nitrogens is 2. The summed E-state index contributed by atoms with van der Waals surface area (Å²) < 4.78 is 17.8. The van der Waals surface area contributed by atoms with Crippen molar-refractivity contribution in [1.82, 2.24) is 14.9 Å². The molecule has 2 heterocycles. The molecule has 1 aromatic heterocycles. The largest absolute Gasteiger partial charge is 0.493 e. The number of benzene rings is 2. The van der Waals surface area contributed by atoms with Crippen molar-refractivity contribution in [3.8, 4) is 11.5 Å². The van der Waals surface area contributed by atoms with Crippen LogP contribution < -0.4 is 14.8 Å². The van der Waals surface area contributed by atoms with Gasteiger partial charge in [0.2, 0.25) is 0 Å². The number of anilines is 2. The molecule has 9 heteroatoms. The van der Waals surface area contributed by atoms with Gasteiger partial charge in [-0.2, -0.15) is 0 Å². The zero-order chi connectivity index (χ0) is 22.8. The number of nitrogens with one attached hydrogen (secondary N) is 1. The Kier molecular flexibility index (Phi) is 6.90. The van der Waals surface area contributed by atoms with Gasteiger partial charge in [-0.05, 0) is 45.2 Å². The molecule has 2 aromatic carbocycles. The molecule has 1 N–H and O–H groups in total. The number of fused-ring (bicyclic) bond motifs is 1. The first-order chi connectivity index (χ1) is 15.4. The molecule has 1 fully saturated rings. The second-order valence-electron chi connectivity index (χ2n) is 7.95. The monoisotopic (exact) mass is 476 g/mol. The molecule has 0 bridgehead atoms. The third-order valence-corrected chi connectivity index (χ3v) is 6.54. The van der Waals surface area contributed by atoms with Crippen molar-refractivity contribution in [1.29, 1.82) is 0 Å². The van der Waals surface area contributed by atoms with Crippen molar-refractivity contribution in [2.24, 2.45) is 0 Å². The fourth-order valence-electron chi connectivity index (χ4n) is 3.73. The first-order valence-corrected chi connectivity index (χ1v) is 11.1. The van der Waals surface area contributed by atoms with E-state index in [9.17, 15) is 0 Å². The van der Waals surface area contributed by atoms with Crippen molar-refractivity contribution in [3.63, 3.8) is 0 Å². The van der Waals surface area contributed by atoms with Crippen LogP contribution >= 0.6 is 23.2 Å². The SMILES string of the molecule is COc1cc2c(Nc3ccc(Cl)c(Cl)c3)ncnc2cc1OCC1CN(C)C(C)C(C)O1. The number of ether oxygens (including phenoxy) is 3. The number of likely N-dealkylation sites (N-methyl/N-ethyl adjacent to an activating group) is 1. The maximum absolute atomic E-state index is 6.14. The van der Waals surface area contributed by atoms with Gasteiger partial charge in [-0.1, -0.05) is 23.2 Å². The lowest BCUT2D eigenvalue weighted by Gasteiger charge is -2.39. The number of halogens is 2. The minimum Gasteiger partial charge on any atom is -0.493 e. The van der Waals surface area contributed by atoms with Crippen LogP contribution in [0.3, 0.4) is 0 Å². The smallest absolute Gasteiger partial charge is 0.163 e. The summed E-state index contributed by atoms with van der Waals surface area (Å²) in [6.45, 7) is 5.48. The number of hydrogen-bond donors (Lipinski definition) is 1. The van der Waals surface area contributed by atoms with Crippen molar-refractivity contribution in [2.45, 2.75) is 32.1 Å². The van der Waals surface area contributed by atoms with Crippen molar-refractivity contribution in [3.05, 3.63) is 46.7 Å². The quantitative estimate of drug-likeness (QED) is 0.525. The van der Waals surface area contributed by atoms with Gasteiger partial charge in [0.25, 0.3) is 0 Å². The molecule has 3 atom stereocenters. The number of morpholine rings is 1. The zero-order valence-corrected chi connectivity index (χ0v) is 19.9. The fraction of sp³-hybridized carbons (Fsp3) is 0.391. The predicted molar refractivity (Wildman–Crippen MR) is 128 cm³/mol. The van der Waals surface area contributed by atoms with Gasteiger partial charge in [-0.25, -0.2) is 9.97 Å². The Balaban J connectivity index is 1.57. The maximum Gasteiger partial charge on any atom is 0.163 e. The number of rotatable bonds is 6. The summed E-state index contributed by atoms with van der Waals surface area (Å²) in [5.74, 6) is 1.82. The molecule has 0 amide bonds. The molecule has 0 aliphatic carbocycles. The van der Waals surface area contributed by atoms with E-state index in [4.69, 9.17) is 37.4 Å². The lowest BCUT2D eigenvalue weighted by molar-refractivity contribution is -0.111. The number of nitrogens with zero attached hydrogens (tertiary/aromatic N) is 3. The Morgan fingerprint density at radius 1 is 1.12 bits per heavy atom.